The van der Waals surface area contributed by atoms with Crippen LogP contribution in [-0.4, -0.2) is 65.2 Å². The fourth-order valence-corrected chi connectivity index (χ4v) is 2.74. The maximum atomic E-state index is 12.2. The van der Waals surface area contributed by atoms with Crippen LogP contribution >= 0.6 is 0 Å². The molecule has 1 aromatic heterocycles. The Kier molecular flexibility index (Phi) is 7.58. The quantitative estimate of drug-likeness (QED) is 0.607. The predicted molar refractivity (Wildman–Crippen MR) is 83.0 cm³/mol. The minimum Gasteiger partial charge on any atom is -0.384 e. The van der Waals surface area contributed by atoms with Crippen LogP contribution in [-0.2, 0) is 14.8 Å². The second kappa shape index (κ2) is 8.93. The lowest BCUT2D eigenvalue weighted by atomic mass is 10.4. The van der Waals surface area contributed by atoms with Gasteiger partial charge in [0.2, 0.25) is 10.0 Å². The summed E-state index contributed by atoms with van der Waals surface area (Å²) in [6.45, 7) is 4.49. The van der Waals surface area contributed by atoms with E-state index in [1.54, 1.807) is 12.3 Å². The van der Waals surface area contributed by atoms with Crippen LogP contribution in [0.3, 0.4) is 0 Å². The molecular formula is C13H24N4O3S. The predicted octanol–water partition coefficient (Wildman–Crippen LogP) is 0.370. The highest BCUT2D eigenvalue weighted by atomic mass is 32.2. The zero-order valence-corrected chi connectivity index (χ0v) is 13.6. The van der Waals surface area contributed by atoms with E-state index in [9.17, 15) is 8.42 Å². The number of aromatic nitrogens is 1. The van der Waals surface area contributed by atoms with Gasteiger partial charge in [0, 0.05) is 32.0 Å². The van der Waals surface area contributed by atoms with Crippen molar-refractivity contribution in [3.63, 3.8) is 0 Å². The molecule has 0 amide bonds. The Bertz CT molecular complexity index is 520. The Morgan fingerprint density at radius 3 is 2.76 bits per heavy atom. The molecule has 0 spiro atoms. The first kappa shape index (κ1) is 17.8. The number of sulfonamides is 1. The second-order valence-electron chi connectivity index (χ2n) is 4.72. The molecule has 21 heavy (non-hydrogen) atoms. The monoisotopic (exact) mass is 316 g/mol. The highest BCUT2D eigenvalue weighted by Crippen LogP contribution is 2.18. The summed E-state index contributed by atoms with van der Waals surface area (Å²) in [6.07, 6.45) is 2.90. The largest absolute Gasteiger partial charge is 0.384 e. The van der Waals surface area contributed by atoms with Crippen molar-refractivity contribution in [3.05, 3.63) is 18.5 Å². The molecular weight excluding hydrogens is 292 g/mol. The molecule has 0 atom stereocenters. The molecule has 0 radical (unpaired) electrons. The SMILES string of the molecule is CCNc1ccncc1S(=O)(=O)NCCOCCN(C)C. The van der Waals surface area contributed by atoms with Gasteiger partial charge in [0.1, 0.15) is 4.90 Å². The van der Waals surface area contributed by atoms with Gasteiger partial charge in [-0.2, -0.15) is 0 Å². The maximum absolute atomic E-state index is 12.2. The fraction of sp³-hybridized carbons (Fsp3) is 0.615. The van der Waals surface area contributed by atoms with E-state index in [0.717, 1.165) is 6.54 Å². The molecule has 1 rings (SSSR count). The van der Waals surface area contributed by atoms with Gasteiger partial charge in [0.05, 0.1) is 18.9 Å². The van der Waals surface area contributed by atoms with E-state index in [4.69, 9.17) is 4.74 Å². The molecule has 0 aliphatic carbocycles. The molecule has 0 fully saturated rings. The van der Waals surface area contributed by atoms with Gasteiger partial charge in [-0.05, 0) is 27.1 Å². The molecule has 0 unspecified atom stereocenters. The van der Waals surface area contributed by atoms with Gasteiger partial charge in [0.15, 0.2) is 0 Å². The van der Waals surface area contributed by atoms with Crippen LogP contribution in [0.15, 0.2) is 23.4 Å². The first-order valence-electron chi connectivity index (χ1n) is 6.87. The smallest absolute Gasteiger partial charge is 0.244 e. The highest BCUT2D eigenvalue weighted by Gasteiger charge is 2.17. The third-order valence-corrected chi connectivity index (χ3v) is 4.15. The number of nitrogens with zero attached hydrogens (tertiary/aromatic N) is 2. The van der Waals surface area contributed by atoms with Crippen LogP contribution < -0.4 is 10.0 Å². The van der Waals surface area contributed by atoms with E-state index < -0.39 is 10.0 Å². The van der Waals surface area contributed by atoms with Gasteiger partial charge in [-0.3, -0.25) is 4.98 Å². The number of hydrogen-bond donors (Lipinski definition) is 2. The number of likely N-dealkylation sites (N-methyl/N-ethyl adjacent to an activating group) is 1. The first-order valence-corrected chi connectivity index (χ1v) is 8.35. The van der Waals surface area contributed by atoms with Gasteiger partial charge in [-0.1, -0.05) is 0 Å². The normalized spacial score (nSPS) is 11.8. The van der Waals surface area contributed by atoms with E-state index in [1.165, 1.54) is 6.20 Å². The Morgan fingerprint density at radius 1 is 1.33 bits per heavy atom. The number of nitrogens with one attached hydrogen (secondary N) is 2. The molecule has 7 nitrogen and oxygen atoms in total. The van der Waals surface area contributed by atoms with Crippen molar-refractivity contribution in [2.45, 2.75) is 11.8 Å². The van der Waals surface area contributed by atoms with E-state index in [-0.39, 0.29) is 11.4 Å². The summed E-state index contributed by atoms with van der Waals surface area (Å²) in [6, 6.07) is 1.64. The number of ether oxygens (including phenoxy) is 1. The first-order chi connectivity index (χ1) is 9.97. The second-order valence-corrected chi connectivity index (χ2v) is 6.45. The molecule has 120 valence electrons. The third-order valence-electron chi connectivity index (χ3n) is 2.66. The molecule has 0 saturated carbocycles. The molecule has 0 bridgehead atoms. The molecule has 0 saturated heterocycles. The lowest BCUT2D eigenvalue weighted by Crippen LogP contribution is -2.29. The van der Waals surface area contributed by atoms with Crippen molar-refractivity contribution in [1.29, 1.82) is 0 Å². The van der Waals surface area contributed by atoms with Crippen molar-refractivity contribution in [2.75, 3.05) is 52.3 Å². The van der Waals surface area contributed by atoms with Gasteiger partial charge >= 0.3 is 0 Å². The van der Waals surface area contributed by atoms with Crippen LogP contribution in [0.4, 0.5) is 5.69 Å². The van der Waals surface area contributed by atoms with Crippen molar-refractivity contribution < 1.29 is 13.2 Å². The van der Waals surface area contributed by atoms with Gasteiger partial charge in [-0.15, -0.1) is 0 Å². The summed E-state index contributed by atoms with van der Waals surface area (Å²) in [7, 11) is 0.328. The fourth-order valence-electron chi connectivity index (χ4n) is 1.61. The number of pyridine rings is 1. The third kappa shape index (κ3) is 6.38. The minimum absolute atomic E-state index is 0.153. The molecule has 8 heteroatoms. The van der Waals surface area contributed by atoms with E-state index >= 15 is 0 Å². The van der Waals surface area contributed by atoms with Crippen LogP contribution in [0.5, 0.6) is 0 Å². The summed E-state index contributed by atoms with van der Waals surface area (Å²) in [5, 5.41) is 3.01. The lowest BCUT2D eigenvalue weighted by molar-refractivity contribution is 0.122. The zero-order valence-electron chi connectivity index (χ0n) is 12.8. The van der Waals surface area contributed by atoms with Crippen LogP contribution in [0.25, 0.3) is 0 Å². The van der Waals surface area contributed by atoms with Crippen LogP contribution in [0, 0.1) is 0 Å². The average Bonchev–Trinajstić information content (AvgIpc) is 2.43. The van der Waals surface area contributed by atoms with Gasteiger partial charge < -0.3 is 15.0 Å². The molecule has 0 aliphatic rings. The van der Waals surface area contributed by atoms with Crippen LogP contribution in [0.2, 0.25) is 0 Å². The summed E-state index contributed by atoms with van der Waals surface area (Å²) < 4.78 is 32.3. The summed E-state index contributed by atoms with van der Waals surface area (Å²) in [4.78, 5) is 6.03. The molecule has 1 heterocycles. The maximum Gasteiger partial charge on any atom is 0.244 e. The van der Waals surface area contributed by atoms with Crippen molar-refractivity contribution in [2.24, 2.45) is 0 Å². The van der Waals surface area contributed by atoms with Crippen molar-refractivity contribution >= 4 is 15.7 Å². The summed E-state index contributed by atoms with van der Waals surface area (Å²) in [5.74, 6) is 0. The number of hydrogen-bond acceptors (Lipinski definition) is 6. The highest BCUT2D eigenvalue weighted by molar-refractivity contribution is 7.89. The van der Waals surface area contributed by atoms with E-state index in [2.05, 4.69) is 15.0 Å². The van der Waals surface area contributed by atoms with Gasteiger partial charge in [-0.25, -0.2) is 13.1 Å². The van der Waals surface area contributed by atoms with E-state index in [0.29, 0.717) is 25.4 Å². The molecule has 2 N–H and O–H groups in total. The number of anilines is 1. The molecule has 1 aromatic rings. The van der Waals surface area contributed by atoms with Gasteiger partial charge in [0.25, 0.3) is 0 Å². The lowest BCUT2D eigenvalue weighted by Gasteiger charge is -2.12. The Balaban J connectivity index is 2.50. The summed E-state index contributed by atoms with van der Waals surface area (Å²) >= 11 is 0. The minimum atomic E-state index is -3.58. The topological polar surface area (TPSA) is 83.6 Å². The summed E-state index contributed by atoms with van der Waals surface area (Å²) in [5.41, 5.74) is 0.550. The van der Waals surface area contributed by atoms with Crippen molar-refractivity contribution in [1.82, 2.24) is 14.6 Å². The zero-order chi connectivity index (χ0) is 15.7. The Labute approximate surface area is 126 Å². The average molecular weight is 316 g/mol. The van der Waals surface area contributed by atoms with Crippen molar-refractivity contribution in [3.8, 4) is 0 Å². The Morgan fingerprint density at radius 2 is 2.10 bits per heavy atom. The Hall–Kier alpha value is -1.22. The van der Waals surface area contributed by atoms with E-state index in [1.807, 2.05) is 25.9 Å². The molecule has 0 aromatic carbocycles. The standard InChI is InChI=1S/C13H24N4O3S/c1-4-15-12-5-6-14-11-13(12)21(18,19)16-7-9-20-10-8-17(2)3/h5-6,11,16H,4,7-10H2,1-3H3,(H,14,15). The molecule has 0 aliphatic heterocycles. The van der Waals surface area contributed by atoms with Crippen LogP contribution in [0.1, 0.15) is 6.92 Å². The number of rotatable bonds is 10.